The summed E-state index contributed by atoms with van der Waals surface area (Å²) < 4.78 is 0. The van der Waals surface area contributed by atoms with E-state index in [4.69, 9.17) is 12.2 Å². The van der Waals surface area contributed by atoms with Gasteiger partial charge in [-0.15, -0.1) is 0 Å². The lowest BCUT2D eigenvalue weighted by atomic mass is 9.86. The average Bonchev–Trinajstić information content (AvgIpc) is 3.08. The predicted octanol–water partition coefficient (Wildman–Crippen LogP) is 7.12. The van der Waals surface area contributed by atoms with Crippen LogP contribution in [0.25, 0.3) is 5.57 Å². The number of nitrogens with one attached hydrogen (secondary N) is 1. The van der Waals surface area contributed by atoms with Gasteiger partial charge in [0.25, 0.3) is 0 Å². The highest BCUT2D eigenvalue weighted by molar-refractivity contribution is 7.80. The Morgan fingerprint density at radius 2 is 1.86 bits per heavy atom. The minimum atomic E-state index is 0.192. The van der Waals surface area contributed by atoms with E-state index in [9.17, 15) is 0 Å². The zero-order valence-electron chi connectivity index (χ0n) is 18.5. The van der Waals surface area contributed by atoms with Gasteiger partial charge in [-0.2, -0.15) is 0 Å². The number of fused-ring (bicyclic) bond motifs is 1. The van der Waals surface area contributed by atoms with Crippen molar-refractivity contribution in [3.63, 3.8) is 0 Å². The molecule has 1 unspecified atom stereocenters. The van der Waals surface area contributed by atoms with Crippen LogP contribution in [-0.4, -0.2) is 11.5 Å². The molecule has 1 atom stereocenters. The number of allylic oxidation sites excluding steroid dienone is 1. The Morgan fingerprint density at radius 1 is 1.14 bits per heavy atom. The number of hydrogen-bond donors (Lipinski definition) is 1. The van der Waals surface area contributed by atoms with Gasteiger partial charge in [-0.05, 0) is 77.3 Å². The van der Waals surface area contributed by atoms with Crippen LogP contribution in [0, 0.1) is 6.92 Å². The van der Waals surface area contributed by atoms with Crippen LogP contribution in [0.5, 0.6) is 0 Å². The lowest BCUT2D eigenvalue weighted by molar-refractivity contribution is 0.590. The van der Waals surface area contributed by atoms with Crippen molar-refractivity contribution in [3.8, 4) is 0 Å². The van der Waals surface area contributed by atoms with Gasteiger partial charge < -0.3 is 5.32 Å². The van der Waals surface area contributed by atoms with E-state index in [1.807, 2.05) is 0 Å². The van der Waals surface area contributed by atoms with Crippen LogP contribution >= 0.6 is 12.2 Å². The first-order valence-corrected chi connectivity index (χ1v) is 11.3. The van der Waals surface area contributed by atoms with E-state index in [2.05, 4.69) is 82.1 Å². The summed E-state index contributed by atoms with van der Waals surface area (Å²) in [6.45, 7) is 14.2. The van der Waals surface area contributed by atoms with E-state index in [1.165, 1.54) is 40.7 Å². The second kappa shape index (κ2) is 9.26. The molecule has 2 aromatic carbocycles. The number of rotatable bonds is 7. The molecule has 0 saturated carbocycles. The van der Waals surface area contributed by atoms with Gasteiger partial charge in [0.2, 0.25) is 0 Å². The van der Waals surface area contributed by atoms with Crippen molar-refractivity contribution in [2.45, 2.75) is 71.1 Å². The second-order valence-corrected chi connectivity index (χ2v) is 9.96. The fraction of sp³-hybridized carbons (Fsp3) is 0.444. The standard InChI is InChI=1S/C27H35NS/c1-19(21-11-14-23(15-12-21)27(3,4)5)9-7-17-28-26(29)18-22-13-16-24-20(2)8-6-10-25(22)24/h6,8,10-12,14-15,22H,1,7,9,13,16-18H2,2-5H3,(H,28,29). The van der Waals surface area contributed by atoms with Crippen LogP contribution in [-0.2, 0) is 11.8 Å². The average molecular weight is 406 g/mol. The molecule has 2 aromatic rings. The Hall–Kier alpha value is -1.93. The zero-order chi connectivity index (χ0) is 21.0. The van der Waals surface area contributed by atoms with Crippen molar-refractivity contribution in [3.05, 3.63) is 76.9 Å². The van der Waals surface area contributed by atoms with Gasteiger partial charge in [-0.3, -0.25) is 0 Å². The monoisotopic (exact) mass is 405 g/mol. The van der Waals surface area contributed by atoms with Gasteiger partial charge in [0.15, 0.2) is 0 Å². The summed E-state index contributed by atoms with van der Waals surface area (Å²) in [5, 5.41) is 3.48. The van der Waals surface area contributed by atoms with Crippen LogP contribution in [0.15, 0.2) is 49.0 Å². The van der Waals surface area contributed by atoms with Crippen molar-refractivity contribution in [2.24, 2.45) is 0 Å². The SMILES string of the molecule is C=C(CCCNC(=S)CC1CCc2c(C)cccc21)c1ccc(C(C)(C)C)cc1. The van der Waals surface area contributed by atoms with Crippen LogP contribution in [0.1, 0.15) is 80.2 Å². The van der Waals surface area contributed by atoms with Crippen molar-refractivity contribution in [1.29, 1.82) is 0 Å². The molecule has 1 aliphatic rings. The molecule has 0 aromatic heterocycles. The molecule has 0 aliphatic heterocycles. The molecular formula is C27H35NS. The smallest absolute Gasteiger partial charge is 0.0759 e. The number of aryl methyl sites for hydroxylation is 1. The maximum absolute atomic E-state index is 5.64. The summed E-state index contributed by atoms with van der Waals surface area (Å²) in [6.07, 6.45) is 5.45. The first kappa shape index (κ1) is 21.8. The minimum Gasteiger partial charge on any atom is -0.380 e. The van der Waals surface area contributed by atoms with Gasteiger partial charge in [0.1, 0.15) is 0 Å². The van der Waals surface area contributed by atoms with Crippen LogP contribution in [0.4, 0.5) is 0 Å². The van der Waals surface area contributed by atoms with Crippen molar-refractivity contribution in [2.75, 3.05) is 6.54 Å². The molecule has 3 rings (SSSR count). The van der Waals surface area contributed by atoms with Crippen molar-refractivity contribution >= 4 is 22.8 Å². The Bertz CT molecular complexity index is 870. The quantitative estimate of drug-likeness (QED) is 0.388. The van der Waals surface area contributed by atoms with Crippen LogP contribution in [0.2, 0.25) is 0 Å². The lowest BCUT2D eigenvalue weighted by Gasteiger charge is -2.19. The van der Waals surface area contributed by atoms with Gasteiger partial charge in [-0.1, -0.05) is 82.0 Å². The van der Waals surface area contributed by atoms with Gasteiger partial charge in [-0.25, -0.2) is 0 Å². The molecule has 2 heteroatoms. The van der Waals surface area contributed by atoms with E-state index in [1.54, 1.807) is 5.56 Å². The summed E-state index contributed by atoms with van der Waals surface area (Å²) in [5.74, 6) is 0.584. The Balaban J connectivity index is 1.41. The van der Waals surface area contributed by atoms with Crippen molar-refractivity contribution < 1.29 is 0 Å². The van der Waals surface area contributed by atoms with Gasteiger partial charge in [0.05, 0.1) is 4.99 Å². The summed E-state index contributed by atoms with van der Waals surface area (Å²) in [6, 6.07) is 15.6. The van der Waals surface area contributed by atoms with Gasteiger partial charge in [0, 0.05) is 13.0 Å². The maximum Gasteiger partial charge on any atom is 0.0759 e. The fourth-order valence-electron chi connectivity index (χ4n) is 4.31. The molecule has 0 spiro atoms. The molecule has 1 N–H and O–H groups in total. The molecule has 1 aliphatic carbocycles. The Labute approximate surface area is 182 Å². The molecule has 0 amide bonds. The van der Waals surface area contributed by atoms with E-state index < -0.39 is 0 Å². The van der Waals surface area contributed by atoms with E-state index in [0.717, 1.165) is 30.8 Å². The molecule has 1 nitrogen and oxygen atoms in total. The third-order valence-corrected chi connectivity index (χ3v) is 6.51. The van der Waals surface area contributed by atoms with E-state index >= 15 is 0 Å². The van der Waals surface area contributed by atoms with Gasteiger partial charge >= 0.3 is 0 Å². The Morgan fingerprint density at radius 3 is 2.55 bits per heavy atom. The first-order valence-electron chi connectivity index (χ1n) is 10.9. The third-order valence-electron chi connectivity index (χ3n) is 6.20. The number of thiocarbonyl (C=S) groups is 1. The van der Waals surface area contributed by atoms with Crippen molar-refractivity contribution in [1.82, 2.24) is 5.32 Å². The maximum atomic E-state index is 5.64. The normalized spacial score (nSPS) is 15.8. The third kappa shape index (κ3) is 5.57. The summed E-state index contributed by atoms with van der Waals surface area (Å²) in [5.41, 5.74) is 8.51. The summed E-state index contributed by atoms with van der Waals surface area (Å²) in [4.78, 5) is 1.00. The lowest BCUT2D eigenvalue weighted by Crippen LogP contribution is -2.24. The topological polar surface area (TPSA) is 12.0 Å². The Kier molecular flexibility index (Phi) is 6.95. The number of hydrogen-bond acceptors (Lipinski definition) is 1. The highest BCUT2D eigenvalue weighted by Crippen LogP contribution is 2.37. The summed E-state index contributed by atoms with van der Waals surface area (Å²) in [7, 11) is 0. The van der Waals surface area contributed by atoms with Crippen LogP contribution < -0.4 is 5.32 Å². The molecule has 154 valence electrons. The second-order valence-electron chi connectivity index (χ2n) is 9.47. The highest BCUT2D eigenvalue weighted by atomic mass is 32.1. The number of benzene rings is 2. The van der Waals surface area contributed by atoms with Crippen LogP contribution in [0.3, 0.4) is 0 Å². The summed E-state index contributed by atoms with van der Waals surface area (Å²) >= 11 is 5.64. The molecule has 0 bridgehead atoms. The highest BCUT2D eigenvalue weighted by Gasteiger charge is 2.24. The molecular weight excluding hydrogens is 370 g/mol. The van der Waals surface area contributed by atoms with E-state index in [0.29, 0.717) is 5.92 Å². The minimum absolute atomic E-state index is 0.192. The molecule has 0 fully saturated rings. The predicted molar refractivity (Wildman–Crippen MR) is 131 cm³/mol. The molecule has 0 heterocycles. The molecule has 0 saturated heterocycles. The van der Waals surface area contributed by atoms with E-state index in [-0.39, 0.29) is 5.41 Å². The fourth-order valence-corrected chi connectivity index (χ4v) is 4.61. The zero-order valence-corrected chi connectivity index (χ0v) is 19.3. The molecule has 0 radical (unpaired) electrons. The first-order chi connectivity index (χ1) is 13.8. The molecule has 29 heavy (non-hydrogen) atoms. The largest absolute Gasteiger partial charge is 0.380 e.